The number of hydrogen-bond donors (Lipinski definition) is 0. The van der Waals surface area contributed by atoms with E-state index in [1.165, 1.54) is 35.8 Å². The number of benzene rings is 2. The van der Waals surface area contributed by atoms with Gasteiger partial charge in [0, 0.05) is 38.4 Å². The molecule has 27 heavy (non-hydrogen) atoms. The largest absolute Gasteiger partial charge is 0.289 e. The lowest BCUT2D eigenvalue weighted by Gasteiger charge is -1.96. The number of nitrogens with zero attached hydrogens (tertiary/aromatic N) is 6. The highest BCUT2D eigenvalue weighted by Gasteiger charge is 2.06. The molecule has 0 fully saturated rings. The van der Waals surface area contributed by atoms with Crippen LogP contribution in [0.4, 0.5) is 22.7 Å². The Morgan fingerprint density at radius 1 is 0.815 bits per heavy atom. The van der Waals surface area contributed by atoms with Crippen molar-refractivity contribution in [1.82, 2.24) is 8.52 Å². The van der Waals surface area contributed by atoms with Crippen LogP contribution in [0.3, 0.4) is 0 Å². The number of rotatable bonds is 4. The molecule has 0 unspecified atom stereocenters. The third-order valence-electron chi connectivity index (χ3n) is 3.66. The van der Waals surface area contributed by atoms with Crippen molar-refractivity contribution in [2.75, 3.05) is 0 Å². The van der Waals surface area contributed by atoms with Crippen molar-refractivity contribution in [2.24, 2.45) is 24.1 Å². The quantitative estimate of drug-likeness (QED) is 0.505. The van der Waals surface area contributed by atoms with Crippen molar-refractivity contribution < 1.29 is 9.85 Å². The van der Waals surface area contributed by atoms with E-state index in [0.717, 1.165) is 0 Å². The first-order valence-corrected chi connectivity index (χ1v) is 8.44. The van der Waals surface area contributed by atoms with Crippen molar-refractivity contribution in [2.45, 2.75) is 0 Å². The molecule has 0 saturated carbocycles. The van der Waals surface area contributed by atoms with Gasteiger partial charge < -0.3 is 0 Å². The molecule has 11 heteroatoms. The van der Waals surface area contributed by atoms with Crippen LogP contribution in [0.25, 0.3) is 0 Å². The van der Waals surface area contributed by atoms with E-state index in [1.54, 1.807) is 35.9 Å². The van der Waals surface area contributed by atoms with Crippen LogP contribution in [0.2, 0.25) is 0 Å². The van der Waals surface area contributed by atoms with Gasteiger partial charge in [-0.25, -0.2) is 9.98 Å². The van der Waals surface area contributed by atoms with Gasteiger partial charge in [-0.15, -0.1) is 0 Å². The molecule has 0 aliphatic carbocycles. The van der Waals surface area contributed by atoms with E-state index in [-0.39, 0.29) is 11.4 Å². The maximum Gasteiger partial charge on any atom is 0.269 e. The Balaban J connectivity index is 2.01. The third kappa shape index (κ3) is 3.98. The van der Waals surface area contributed by atoms with E-state index < -0.39 is 9.85 Å². The monoisotopic (exact) mass is 386 g/mol. The lowest BCUT2D eigenvalue weighted by Crippen LogP contribution is -2.26. The number of nitro groups is 2. The van der Waals surface area contributed by atoms with Gasteiger partial charge in [0.1, 0.15) is 0 Å². The normalized spacial score (nSPS) is 12.4. The summed E-state index contributed by atoms with van der Waals surface area (Å²) >= 11 is 1.35. The van der Waals surface area contributed by atoms with Crippen molar-refractivity contribution in [3.63, 3.8) is 0 Å². The zero-order valence-electron chi connectivity index (χ0n) is 14.3. The van der Waals surface area contributed by atoms with Crippen LogP contribution in [0.5, 0.6) is 0 Å². The highest BCUT2D eigenvalue weighted by atomic mass is 32.1. The molecule has 0 spiro atoms. The van der Waals surface area contributed by atoms with Gasteiger partial charge in [-0.3, -0.25) is 28.8 Å². The molecule has 0 aliphatic rings. The minimum absolute atomic E-state index is 0.00174. The molecule has 0 bridgehead atoms. The Morgan fingerprint density at radius 3 is 1.70 bits per heavy atom. The minimum atomic E-state index is -0.463. The van der Waals surface area contributed by atoms with Gasteiger partial charge in [0.2, 0.25) is 10.4 Å². The first-order chi connectivity index (χ1) is 12.8. The Morgan fingerprint density at radius 2 is 1.26 bits per heavy atom. The molecule has 138 valence electrons. The smallest absolute Gasteiger partial charge is 0.269 e. The predicted molar refractivity (Wildman–Crippen MR) is 98.9 cm³/mol. The molecule has 3 aromatic rings. The van der Waals surface area contributed by atoms with Crippen molar-refractivity contribution in [3.05, 3.63) is 79.2 Å². The van der Waals surface area contributed by atoms with Gasteiger partial charge in [-0.2, -0.15) is 0 Å². The SMILES string of the molecule is Cn1sc(=Nc2ccc([N+](=O)[O-])cc2)n(C)c1=Nc1ccc([N+](=O)[O-])cc1. The zero-order chi connectivity index (χ0) is 19.6. The number of nitro benzene ring substituents is 2. The summed E-state index contributed by atoms with van der Waals surface area (Å²) in [6, 6.07) is 11.9. The van der Waals surface area contributed by atoms with Gasteiger partial charge in [-0.1, -0.05) is 0 Å². The van der Waals surface area contributed by atoms with Gasteiger partial charge in [0.25, 0.3) is 11.4 Å². The van der Waals surface area contributed by atoms with Gasteiger partial charge in [-0.05, 0) is 35.8 Å². The van der Waals surface area contributed by atoms with Gasteiger partial charge in [0.05, 0.1) is 21.2 Å². The summed E-state index contributed by atoms with van der Waals surface area (Å²) in [6.45, 7) is 0. The molecule has 0 saturated heterocycles. The molecule has 0 N–H and O–H groups in total. The summed E-state index contributed by atoms with van der Waals surface area (Å²) in [7, 11) is 3.62. The van der Waals surface area contributed by atoms with E-state index in [9.17, 15) is 20.2 Å². The summed E-state index contributed by atoms with van der Waals surface area (Å²) in [5.41, 5.74) is 1.77. The molecule has 0 atom stereocenters. The summed E-state index contributed by atoms with van der Waals surface area (Å²) in [4.78, 5) is 30.2. The Kier molecular flexibility index (Phi) is 4.94. The molecule has 0 aliphatic heterocycles. The Bertz CT molecular complexity index is 1140. The van der Waals surface area contributed by atoms with E-state index in [4.69, 9.17) is 0 Å². The van der Waals surface area contributed by atoms with Crippen LogP contribution < -0.4 is 10.4 Å². The van der Waals surface area contributed by atoms with Gasteiger partial charge in [0.15, 0.2) is 0 Å². The highest BCUT2D eigenvalue weighted by molar-refractivity contribution is 7.03. The molecule has 1 aromatic heterocycles. The number of aromatic nitrogens is 2. The third-order valence-corrected chi connectivity index (χ3v) is 4.63. The first-order valence-electron chi connectivity index (χ1n) is 7.67. The number of non-ortho nitro benzene ring substituents is 2. The molecule has 10 nitrogen and oxygen atoms in total. The van der Waals surface area contributed by atoms with Crippen LogP contribution in [0.1, 0.15) is 0 Å². The topological polar surface area (TPSA) is 121 Å². The zero-order valence-corrected chi connectivity index (χ0v) is 15.2. The molecular weight excluding hydrogens is 372 g/mol. The van der Waals surface area contributed by atoms with E-state index >= 15 is 0 Å². The van der Waals surface area contributed by atoms with Crippen LogP contribution in [-0.4, -0.2) is 18.4 Å². The Labute approximate surface area is 156 Å². The molecule has 0 radical (unpaired) electrons. The van der Waals surface area contributed by atoms with Gasteiger partial charge >= 0.3 is 0 Å². The van der Waals surface area contributed by atoms with Crippen LogP contribution in [-0.2, 0) is 14.1 Å². The second-order valence-corrected chi connectivity index (χ2v) is 6.60. The lowest BCUT2D eigenvalue weighted by molar-refractivity contribution is -0.385. The highest BCUT2D eigenvalue weighted by Crippen LogP contribution is 2.18. The maximum absolute atomic E-state index is 10.7. The average molecular weight is 386 g/mol. The second kappa shape index (κ2) is 7.33. The fraction of sp³-hybridized carbons (Fsp3) is 0.125. The van der Waals surface area contributed by atoms with Crippen molar-refractivity contribution >= 4 is 34.3 Å². The molecular formula is C16H14N6O4S. The number of aryl methyl sites for hydroxylation is 1. The Hall–Kier alpha value is -3.60. The molecule has 1 heterocycles. The average Bonchev–Trinajstić information content (AvgIpc) is 2.90. The second-order valence-electron chi connectivity index (χ2n) is 5.50. The predicted octanol–water partition coefficient (Wildman–Crippen LogP) is 2.71. The van der Waals surface area contributed by atoms with Crippen molar-refractivity contribution in [3.8, 4) is 0 Å². The van der Waals surface area contributed by atoms with E-state index in [2.05, 4.69) is 9.98 Å². The summed E-state index contributed by atoms with van der Waals surface area (Å²) in [5.74, 6) is 0. The molecule has 3 rings (SSSR count). The summed E-state index contributed by atoms with van der Waals surface area (Å²) in [5, 5.41) is 21.5. The van der Waals surface area contributed by atoms with E-state index in [0.29, 0.717) is 21.8 Å². The van der Waals surface area contributed by atoms with Crippen molar-refractivity contribution in [1.29, 1.82) is 0 Å². The molecule has 2 aromatic carbocycles. The standard InChI is InChI=1S/C16H14N6O4S/c1-19-15(17-11-3-7-13(8-4-11)21(23)24)20(2)27-16(19)18-12-5-9-14(10-6-12)22(25)26/h3-10H,1-2H3. The fourth-order valence-corrected chi connectivity index (χ4v) is 3.13. The van der Waals surface area contributed by atoms with Crippen LogP contribution in [0, 0.1) is 20.2 Å². The number of hydrogen-bond acceptors (Lipinski definition) is 7. The summed E-state index contributed by atoms with van der Waals surface area (Å²) < 4.78 is 3.58. The summed E-state index contributed by atoms with van der Waals surface area (Å²) in [6.07, 6.45) is 0. The lowest BCUT2D eigenvalue weighted by atomic mass is 10.3. The first kappa shape index (κ1) is 18.2. The van der Waals surface area contributed by atoms with Crippen LogP contribution >= 0.6 is 11.5 Å². The maximum atomic E-state index is 10.7. The minimum Gasteiger partial charge on any atom is -0.289 e. The van der Waals surface area contributed by atoms with Crippen LogP contribution in [0.15, 0.2) is 58.5 Å². The molecule has 0 amide bonds. The fourth-order valence-electron chi connectivity index (χ4n) is 2.29. The van der Waals surface area contributed by atoms with E-state index in [1.807, 2.05) is 11.0 Å².